The van der Waals surface area contributed by atoms with E-state index in [1.54, 1.807) is 36.5 Å². The van der Waals surface area contributed by atoms with E-state index in [-0.39, 0.29) is 30.1 Å². The number of hydrogen-bond donors (Lipinski definition) is 1. The van der Waals surface area contributed by atoms with Gasteiger partial charge in [-0.25, -0.2) is 4.39 Å². The van der Waals surface area contributed by atoms with Crippen LogP contribution in [0.4, 0.5) is 15.8 Å². The third-order valence-corrected chi connectivity index (χ3v) is 5.57. The SMILES string of the molecule is CN1C(=O)CC(C(=O)Nc2cc(F)cc(N3CCCC3)c2)C1c1cccnc1. The summed E-state index contributed by atoms with van der Waals surface area (Å²) < 4.78 is 14.1. The second-order valence-electron chi connectivity index (χ2n) is 7.43. The highest BCUT2D eigenvalue weighted by atomic mass is 19.1. The summed E-state index contributed by atoms with van der Waals surface area (Å²) >= 11 is 0. The van der Waals surface area contributed by atoms with Gasteiger partial charge >= 0.3 is 0 Å². The normalized spacial score (nSPS) is 22.0. The third-order valence-electron chi connectivity index (χ3n) is 5.57. The molecule has 2 fully saturated rings. The zero-order valence-electron chi connectivity index (χ0n) is 15.8. The van der Waals surface area contributed by atoms with Crippen LogP contribution in [0.25, 0.3) is 0 Å². The first kappa shape index (κ1) is 18.4. The zero-order valence-corrected chi connectivity index (χ0v) is 15.8. The van der Waals surface area contributed by atoms with E-state index in [4.69, 9.17) is 0 Å². The molecule has 6 nitrogen and oxygen atoms in total. The van der Waals surface area contributed by atoms with E-state index in [1.165, 1.54) is 12.1 Å². The number of amides is 2. The molecule has 0 bridgehead atoms. The van der Waals surface area contributed by atoms with E-state index in [0.29, 0.717) is 5.69 Å². The van der Waals surface area contributed by atoms with Crippen LogP contribution < -0.4 is 10.2 Å². The van der Waals surface area contributed by atoms with Crippen molar-refractivity contribution >= 4 is 23.2 Å². The smallest absolute Gasteiger partial charge is 0.230 e. The molecule has 2 aliphatic rings. The van der Waals surface area contributed by atoms with Gasteiger partial charge < -0.3 is 15.1 Å². The molecule has 2 aliphatic heterocycles. The fraction of sp³-hybridized carbons (Fsp3) is 0.381. The van der Waals surface area contributed by atoms with Gasteiger partial charge in [0.05, 0.1) is 12.0 Å². The highest BCUT2D eigenvalue weighted by Crippen LogP contribution is 2.37. The van der Waals surface area contributed by atoms with Gasteiger partial charge in [-0.15, -0.1) is 0 Å². The second-order valence-corrected chi connectivity index (χ2v) is 7.43. The molecule has 1 aromatic heterocycles. The van der Waals surface area contributed by atoms with Gasteiger partial charge in [0.1, 0.15) is 5.82 Å². The number of likely N-dealkylation sites (tertiary alicyclic amines) is 1. The Hall–Kier alpha value is -2.96. The molecule has 1 N–H and O–H groups in total. The first-order valence-corrected chi connectivity index (χ1v) is 9.55. The average molecular weight is 382 g/mol. The number of pyridine rings is 1. The van der Waals surface area contributed by atoms with E-state index in [2.05, 4.69) is 15.2 Å². The second kappa shape index (κ2) is 7.58. The van der Waals surface area contributed by atoms with Crippen LogP contribution in [0.1, 0.15) is 30.9 Å². The summed E-state index contributed by atoms with van der Waals surface area (Å²) in [6.07, 6.45) is 5.62. The number of benzene rings is 1. The summed E-state index contributed by atoms with van der Waals surface area (Å²) in [5, 5.41) is 2.82. The third kappa shape index (κ3) is 3.56. The Balaban J connectivity index is 1.56. The van der Waals surface area contributed by atoms with Crippen molar-refractivity contribution < 1.29 is 14.0 Å². The summed E-state index contributed by atoms with van der Waals surface area (Å²) in [5.41, 5.74) is 2.00. The lowest BCUT2D eigenvalue weighted by atomic mass is 9.94. The number of rotatable bonds is 4. The topological polar surface area (TPSA) is 65.5 Å². The van der Waals surface area contributed by atoms with Crippen LogP contribution in [0.3, 0.4) is 0 Å². The Morgan fingerprint density at radius 2 is 2.04 bits per heavy atom. The van der Waals surface area contributed by atoms with Crippen molar-refractivity contribution in [3.8, 4) is 0 Å². The molecule has 0 radical (unpaired) electrons. The van der Waals surface area contributed by atoms with Crippen LogP contribution in [-0.2, 0) is 9.59 Å². The lowest BCUT2D eigenvalue weighted by molar-refractivity contribution is -0.127. The van der Waals surface area contributed by atoms with Crippen LogP contribution in [0.5, 0.6) is 0 Å². The van der Waals surface area contributed by atoms with E-state index < -0.39 is 5.92 Å². The van der Waals surface area contributed by atoms with Gasteiger partial charge in [0, 0.05) is 50.3 Å². The van der Waals surface area contributed by atoms with Crippen LogP contribution >= 0.6 is 0 Å². The van der Waals surface area contributed by atoms with E-state index in [9.17, 15) is 14.0 Å². The van der Waals surface area contributed by atoms with E-state index >= 15 is 0 Å². The molecule has 3 heterocycles. The molecule has 2 aromatic rings. The van der Waals surface area contributed by atoms with Crippen molar-refractivity contribution in [3.63, 3.8) is 0 Å². The minimum Gasteiger partial charge on any atom is -0.371 e. The fourth-order valence-electron chi connectivity index (χ4n) is 4.15. The number of hydrogen-bond acceptors (Lipinski definition) is 4. The number of carbonyl (C=O) groups is 2. The van der Waals surface area contributed by atoms with Crippen molar-refractivity contribution in [3.05, 3.63) is 54.1 Å². The summed E-state index contributed by atoms with van der Waals surface area (Å²) in [5.74, 6) is -1.32. The van der Waals surface area contributed by atoms with Gasteiger partial charge in [-0.1, -0.05) is 6.07 Å². The largest absolute Gasteiger partial charge is 0.371 e. The maximum atomic E-state index is 14.1. The van der Waals surface area contributed by atoms with E-state index in [1.807, 2.05) is 6.07 Å². The molecule has 2 amide bonds. The number of halogens is 1. The summed E-state index contributed by atoms with van der Waals surface area (Å²) in [4.78, 5) is 33.1. The number of carbonyl (C=O) groups excluding carboxylic acids is 2. The predicted octanol–water partition coefficient (Wildman–Crippen LogP) is 2.98. The summed E-state index contributed by atoms with van der Waals surface area (Å²) in [6.45, 7) is 1.78. The molecule has 28 heavy (non-hydrogen) atoms. The lowest BCUT2D eigenvalue weighted by Gasteiger charge is -2.25. The average Bonchev–Trinajstić information content (AvgIpc) is 3.31. The summed E-state index contributed by atoms with van der Waals surface area (Å²) in [7, 11) is 1.70. The number of nitrogens with one attached hydrogen (secondary N) is 1. The highest BCUT2D eigenvalue weighted by molar-refractivity contribution is 5.98. The monoisotopic (exact) mass is 382 g/mol. The molecule has 2 unspecified atom stereocenters. The van der Waals surface area contributed by atoms with Crippen LogP contribution in [0.2, 0.25) is 0 Å². The molecule has 0 spiro atoms. The van der Waals surface area contributed by atoms with E-state index in [0.717, 1.165) is 37.2 Å². The molecule has 2 saturated heterocycles. The minimum atomic E-state index is -0.555. The lowest BCUT2D eigenvalue weighted by Crippen LogP contribution is -2.30. The van der Waals surface area contributed by atoms with Crippen molar-refractivity contribution in [2.45, 2.75) is 25.3 Å². The van der Waals surface area contributed by atoms with Crippen molar-refractivity contribution in [2.75, 3.05) is 30.4 Å². The quantitative estimate of drug-likeness (QED) is 0.883. The first-order chi connectivity index (χ1) is 13.5. The van der Waals surface area contributed by atoms with Crippen LogP contribution in [0.15, 0.2) is 42.7 Å². The molecule has 1 aromatic carbocycles. The predicted molar refractivity (Wildman–Crippen MR) is 104 cm³/mol. The molecule has 0 aliphatic carbocycles. The number of nitrogens with zero attached hydrogens (tertiary/aromatic N) is 3. The Labute approximate surface area is 163 Å². The standard InChI is InChI=1S/C21H23FN4O2/c1-25-19(27)12-18(20(25)14-5-4-6-23-13-14)21(28)24-16-9-15(22)10-17(11-16)26-7-2-3-8-26/h4-6,9-11,13,18,20H,2-3,7-8,12H2,1H3,(H,24,28). The fourth-order valence-corrected chi connectivity index (χ4v) is 4.15. The molecule has 4 rings (SSSR count). The number of aromatic nitrogens is 1. The molecule has 146 valence electrons. The summed E-state index contributed by atoms with van der Waals surface area (Å²) in [6, 6.07) is 7.87. The molecule has 0 saturated carbocycles. The number of anilines is 2. The Morgan fingerprint density at radius 3 is 2.75 bits per heavy atom. The van der Waals surface area contributed by atoms with Crippen LogP contribution in [0, 0.1) is 11.7 Å². The van der Waals surface area contributed by atoms with Gasteiger partial charge in [-0.3, -0.25) is 14.6 Å². The maximum Gasteiger partial charge on any atom is 0.230 e. The van der Waals surface area contributed by atoms with Gasteiger partial charge in [-0.2, -0.15) is 0 Å². The Morgan fingerprint density at radius 1 is 1.25 bits per heavy atom. The Bertz CT molecular complexity index is 883. The first-order valence-electron chi connectivity index (χ1n) is 9.55. The Kier molecular flexibility index (Phi) is 4.98. The molecule has 2 atom stereocenters. The molecular weight excluding hydrogens is 359 g/mol. The molecular formula is C21H23FN4O2. The highest BCUT2D eigenvalue weighted by Gasteiger charge is 2.42. The van der Waals surface area contributed by atoms with Gasteiger partial charge in [0.2, 0.25) is 11.8 Å². The van der Waals surface area contributed by atoms with Crippen LogP contribution in [-0.4, -0.2) is 41.8 Å². The van der Waals surface area contributed by atoms with Crippen molar-refractivity contribution in [1.29, 1.82) is 0 Å². The minimum absolute atomic E-state index is 0.0917. The zero-order chi connectivity index (χ0) is 19.7. The van der Waals surface area contributed by atoms with Gasteiger partial charge in [0.25, 0.3) is 0 Å². The van der Waals surface area contributed by atoms with Crippen molar-refractivity contribution in [2.24, 2.45) is 5.92 Å². The van der Waals surface area contributed by atoms with Gasteiger partial charge in [0.15, 0.2) is 0 Å². The maximum absolute atomic E-state index is 14.1. The van der Waals surface area contributed by atoms with Gasteiger partial charge in [-0.05, 0) is 42.7 Å². The molecule has 7 heteroatoms. The van der Waals surface area contributed by atoms with Crippen molar-refractivity contribution in [1.82, 2.24) is 9.88 Å².